The molecule has 1 fully saturated rings. The molecule has 2 aromatic rings. The highest BCUT2D eigenvalue weighted by molar-refractivity contribution is 5.93. The number of carbonyl (C=O) groups is 1. The van der Waals surface area contributed by atoms with Crippen molar-refractivity contribution in [2.24, 2.45) is 0 Å². The summed E-state index contributed by atoms with van der Waals surface area (Å²) in [4.78, 5) is 22.7. The maximum absolute atomic E-state index is 12.7. The van der Waals surface area contributed by atoms with Crippen LogP contribution in [0.15, 0.2) is 36.9 Å². The van der Waals surface area contributed by atoms with Gasteiger partial charge in [-0.05, 0) is 12.1 Å². The predicted octanol–water partition coefficient (Wildman–Crippen LogP) is 0.221. The molecule has 9 nitrogen and oxygen atoms in total. The molecule has 4 atom stereocenters. The molecule has 1 aliphatic rings. The molecular weight excluding hydrogens is 395 g/mol. The van der Waals surface area contributed by atoms with Gasteiger partial charge < -0.3 is 25.6 Å². The third-order valence-corrected chi connectivity index (χ3v) is 4.30. The fourth-order valence-electron chi connectivity index (χ4n) is 2.75. The van der Waals surface area contributed by atoms with Crippen molar-refractivity contribution in [3.63, 3.8) is 0 Å². The van der Waals surface area contributed by atoms with Crippen LogP contribution in [0.3, 0.4) is 0 Å². The van der Waals surface area contributed by atoms with Gasteiger partial charge in [-0.15, -0.1) is 0 Å². The predicted molar refractivity (Wildman–Crippen MR) is 92.8 cm³/mol. The Morgan fingerprint density at radius 3 is 2.59 bits per heavy atom. The van der Waals surface area contributed by atoms with E-state index in [1.807, 2.05) is 0 Å². The van der Waals surface area contributed by atoms with Crippen LogP contribution in [0, 0.1) is 0 Å². The normalized spacial score (nSPS) is 24.7. The Morgan fingerprint density at radius 1 is 1.17 bits per heavy atom. The lowest BCUT2D eigenvalue weighted by atomic mass is 9.98. The Balaban J connectivity index is 1.57. The van der Waals surface area contributed by atoms with Gasteiger partial charge in [0.05, 0.1) is 25.0 Å². The number of hydrogen-bond acceptors (Lipinski definition) is 8. The fourth-order valence-corrected chi connectivity index (χ4v) is 2.75. The van der Waals surface area contributed by atoms with E-state index in [4.69, 9.17) is 4.74 Å². The van der Waals surface area contributed by atoms with Gasteiger partial charge >= 0.3 is 6.18 Å². The first-order valence-corrected chi connectivity index (χ1v) is 8.57. The summed E-state index contributed by atoms with van der Waals surface area (Å²) in [6.45, 7) is -0.207. The zero-order chi connectivity index (χ0) is 21.0. The van der Waals surface area contributed by atoms with Crippen molar-refractivity contribution in [2.75, 3.05) is 18.5 Å². The van der Waals surface area contributed by atoms with Crippen molar-refractivity contribution >= 4 is 11.7 Å². The van der Waals surface area contributed by atoms with Gasteiger partial charge in [0.15, 0.2) is 5.69 Å². The number of rotatable bonds is 5. The van der Waals surface area contributed by atoms with Crippen molar-refractivity contribution < 1.29 is 32.9 Å². The zero-order valence-corrected chi connectivity index (χ0v) is 14.9. The molecule has 1 saturated heterocycles. The number of amides is 1. The van der Waals surface area contributed by atoms with E-state index in [0.29, 0.717) is 11.8 Å². The van der Waals surface area contributed by atoms with Gasteiger partial charge in [0, 0.05) is 24.5 Å². The van der Waals surface area contributed by atoms with Gasteiger partial charge in [-0.2, -0.15) is 13.2 Å². The van der Waals surface area contributed by atoms with E-state index in [1.54, 1.807) is 0 Å². The smallest absolute Gasteiger partial charge is 0.388 e. The molecule has 3 rings (SSSR count). The molecule has 4 N–H and O–H groups in total. The number of nitrogens with zero attached hydrogens (tertiary/aromatic N) is 3. The number of alkyl halides is 3. The Morgan fingerprint density at radius 2 is 1.90 bits per heavy atom. The van der Waals surface area contributed by atoms with Crippen LogP contribution in [0.1, 0.15) is 16.1 Å². The van der Waals surface area contributed by atoms with E-state index in [2.05, 4.69) is 25.6 Å². The third-order valence-electron chi connectivity index (χ3n) is 4.30. The average molecular weight is 413 g/mol. The standard InChI is InChI=1S/C17H18F3N5O4/c18-17(19,20)12-6-22-7-13(25-12)24-10-8-29-11(15(27)14(10)26)5-23-16(28)9-1-3-21-4-2-9/h1-4,6-7,10-11,14-15,26-27H,5,8H2,(H,23,28)(H,24,25)/t10-,11+,14+,15-/m0/s1. The van der Waals surface area contributed by atoms with Crippen molar-refractivity contribution in [2.45, 2.75) is 30.5 Å². The molecule has 1 amide bonds. The molecule has 156 valence electrons. The third kappa shape index (κ3) is 5.16. The van der Waals surface area contributed by atoms with Crippen LogP contribution in [0.4, 0.5) is 19.0 Å². The number of aliphatic hydroxyl groups is 2. The molecule has 3 heterocycles. The van der Waals surface area contributed by atoms with Crippen LogP contribution >= 0.6 is 0 Å². The topological polar surface area (TPSA) is 129 Å². The van der Waals surface area contributed by atoms with Crippen LogP contribution in [-0.4, -0.2) is 68.6 Å². The quantitative estimate of drug-likeness (QED) is 0.548. The monoisotopic (exact) mass is 413 g/mol. The van der Waals surface area contributed by atoms with Gasteiger partial charge in [0.25, 0.3) is 5.91 Å². The highest BCUT2D eigenvalue weighted by atomic mass is 19.4. The highest BCUT2D eigenvalue weighted by Crippen LogP contribution is 2.28. The number of halogens is 3. The van der Waals surface area contributed by atoms with E-state index >= 15 is 0 Å². The minimum atomic E-state index is -4.66. The van der Waals surface area contributed by atoms with Crippen molar-refractivity contribution in [1.82, 2.24) is 20.3 Å². The maximum Gasteiger partial charge on any atom is 0.434 e. The molecule has 2 aromatic heterocycles. The molecule has 0 bridgehead atoms. The summed E-state index contributed by atoms with van der Waals surface area (Å²) in [5.74, 6) is -0.624. The number of anilines is 1. The van der Waals surface area contributed by atoms with Crippen LogP contribution in [0.25, 0.3) is 0 Å². The molecule has 0 unspecified atom stereocenters. The number of aliphatic hydroxyl groups excluding tert-OH is 2. The maximum atomic E-state index is 12.7. The Hall–Kier alpha value is -2.83. The summed E-state index contributed by atoms with van der Waals surface area (Å²) >= 11 is 0. The van der Waals surface area contributed by atoms with E-state index in [-0.39, 0.29) is 19.0 Å². The molecule has 29 heavy (non-hydrogen) atoms. The van der Waals surface area contributed by atoms with Gasteiger partial charge in [-0.25, -0.2) is 4.98 Å². The summed E-state index contributed by atoms with van der Waals surface area (Å²) < 4.78 is 43.6. The number of ether oxygens (including phenoxy) is 1. The molecular formula is C17H18F3N5O4. The molecule has 0 saturated carbocycles. The van der Waals surface area contributed by atoms with Crippen molar-refractivity contribution in [3.8, 4) is 0 Å². The number of pyridine rings is 1. The van der Waals surface area contributed by atoms with E-state index < -0.39 is 42.1 Å². The Bertz CT molecular complexity index is 839. The van der Waals surface area contributed by atoms with E-state index in [1.165, 1.54) is 24.5 Å². The van der Waals surface area contributed by atoms with Crippen LogP contribution in [0.2, 0.25) is 0 Å². The van der Waals surface area contributed by atoms with Crippen LogP contribution in [-0.2, 0) is 10.9 Å². The minimum absolute atomic E-state index is 0.0739. The summed E-state index contributed by atoms with van der Waals surface area (Å²) in [6.07, 6.45) is -3.77. The highest BCUT2D eigenvalue weighted by Gasteiger charge is 2.39. The average Bonchev–Trinajstić information content (AvgIpc) is 2.71. The van der Waals surface area contributed by atoms with Gasteiger partial charge in [-0.3, -0.25) is 14.8 Å². The SMILES string of the molecule is O=C(NC[C@H]1OC[C@H](Nc2cncc(C(F)(F)F)n2)[C@@H](O)[C@H]1O)c1ccncc1. The molecule has 12 heteroatoms. The second kappa shape index (κ2) is 8.68. The molecule has 0 aliphatic carbocycles. The van der Waals surface area contributed by atoms with Gasteiger partial charge in [0.2, 0.25) is 0 Å². The summed E-state index contributed by atoms with van der Waals surface area (Å²) in [6, 6.07) is 2.10. The van der Waals surface area contributed by atoms with Crippen LogP contribution < -0.4 is 10.6 Å². The number of aromatic nitrogens is 3. The lowest BCUT2D eigenvalue weighted by Crippen LogP contribution is -2.58. The number of hydrogen-bond donors (Lipinski definition) is 4. The number of carbonyl (C=O) groups excluding carboxylic acids is 1. The molecule has 0 spiro atoms. The lowest BCUT2D eigenvalue weighted by Gasteiger charge is -2.38. The van der Waals surface area contributed by atoms with Gasteiger partial charge in [-0.1, -0.05) is 0 Å². The Labute approximate surface area is 163 Å². The summed E-state index contributed by atoms with van der Waals surface area (Å²) in [5, 5.41) is 25.7. The van der Waals surface area contributed by atoms with E-state index in [0.717, 1.165) is 6.20 Å². The fraction of sp³-hybridized carbons (Fsp3) is 0.412. The second-order valence-corrected chi connectivity index (χ2v) is 6.34. The van der Waals surface area contributed by atoms with Crippen LogP contribution in [0.5, 0.6) is 0 Å². The lowest BCUT2D eigenvalue weighted by molar-refractivity contribution is -0.141. The first-order valence-electron chi connectivity index (χ1n) is 8.57. The minimum Gasteiger partial charge on any atom is -0.388 e. The second-order valence-electron chi connectivity index (χ2n) is 6.34. The molecule has 0 radical (unpaired) electrons. The van der Waals surface area contributed by atoms with Crippen molar-refractivity contribution in [3.05, 3.63) is 48.2 Å². The summed E-state index contributed by atoms with van der Waals surface area (Å²) in [7, 11) is 0. The zero-order valence-electron chi connectivity index (χ0n) is 14.9. The Kier molecular flexibility index (Phi) is 6.25. The number of nitrogens with one attached hydrogen (secondary N) is 2. The van der Waals surface area contributed by atoms with Crippen molar-refractivity contribution in [1.29, 1.82) is 0 Å². The summed E-state index contributed by atoms with van der Waals surface area (Å²) in [5.41, 5.74) is -0.820. The molecule has 1 aliphatic heterocycles. The van der Waals surface area contributed by atoms with E-state index in [9.17, 15) is 28.2 Å². The first-order chi connectivity index (χ1) is 13.8. The first kappa shape index (κ1) is 20.9. The van der Waals surface area contributed by atoms with Gasteiger partial charge in [0.1, 0.15) is 24.1 Å². The largest absolute Gasteiger partial charge is 0.434 e. The molecule has 0 aromatic carbocycles.